The van der Waals surface area contributed by atoms with Crippen LogP contribution in [0.4, 0.5) is 11.4 Å². The number of methoxy groups -OCH3 is 1. The van der Waals surface area contributed by atoms with E-state index in [1.165, 1.54) is 0 Å². The lowest BCUT2D eigenvalue weighted by Crippen LogP contribution is -2.36. The summed E-state index contributed by atoms with van der Waals surface area (Å²) >= 11 is 0. The first-order valence-electron chi connectivity index (χ1n) is 5.85. The molecule has 0 bridgehead atoms. The van der Waals surface area contributed by atoms with E-state index in [0.717, 1.165) is 0 Å². The molecule has 6 nitrogen and oxygen atoms in total. The average molecular weight is 262 g/mol. The van der Waals surface area contributed by atoms with E-state index in [1.54, 1.807) is 37.3 Å². The van der Waals surface area contributed by atoms with Gasteiger partial charge in [-0.05, 0) is 18.2 Å². The van der Waals surface area contributed by atoms with Crippen LogP contribution >= 0.6 is 0 Å². The first-order valence-corrected chi connectivity index (χ1v) is 5.85. The highest BCUT2D eigenvalue weighted by atomic mass is 16.5. The van der Waals surface area contributed by atoms with Crippen molar-refractivity contribution >= 4 is 17.3 Å². The smallest absolute Gasteiger partial charge is 0.239 e. The second-order valence-electron chi connectivity index (χ2n) is 4.09. The topological polar surface area (TPSA) is 91.4 Å². The Hall–Kier alpha value is -2.26. The quantitative estimate of drug-likeness (QED) is 0.570. The van der Waals surface area contributed by atoms with Gasteiger partial charge in [-0.15, -0.1) is 0 Å². The van der Waals surface area contributed by atoms with Gasteiger partial charge in [0.05, 0.1) is 24.4 Å². The minimum atomic E-state index is -0.125. The van der Waals surface area contributed by atoms with Crippen molar-refractivity contribution in [3.8, 4) is 6.07 Å². The van der Waals surface area contributed by atoms with E-state index in [2.05, 4.69) is 11.4 Å². The van der Waals surface area contributed by atoms with Crippen molar-refractivity contribution in [2.75, 3.05) is 44.5 Å². The third-order valence-corrected chi connectivity index (χ3v) is 2.56. The predicted molar refractivity (Wildman–Crippen MR) is 73.7 cm³/mol. The summed E-state index contributed by atoms with van der Waals surface area (Å²) in [5, 5.41) is 11.8. The number of ether oxygens (including phenoxy) is 1. The van der Waals surface area contributed by atoms with Gasteiger partial charge >= 0.3 is 0 Å². The summed E-state index contributed by atoms with van der Waals surface area (Å²) < 4.78 is 4.85. The molecule has 0 aliphatic rings. The van der Waals surface area contributed by atoms with Crippen LogP contribution in [-0.2, 0) is 9.53 Å². The largest absolute Gasteiger partial charge is 0.399 e. The van der Waals surface area contributed by atoms with Crippen LogP contribution in [0.2, 0.25) is 0 Å². The van der Waals surface area contributed by atoms with Crippen molar-refractivity contribution in [3.63, 3.8) is 0 Å². The molecular formula is C13H18N4O2. The maximum Gasteiger partial charge on any atom is 0.239 e. The number of hydrogen-bond donors (Lipinski definition) is 2. The zero-order valence-corrected chi connectivity index (χ0v) is 11.1. The zero-order valence-electron chi connectivity index (χ0n) is 11.1. The normalized spacial score (nSPS) is 9.74. The summed E-state index contributed by atoms with van der Waals surface area (Å²) in [6.45, 7) is 1.11. The number of carbonyl (C=O) groups is 1. The molecule has 0 aliphatic heterocycles. The number of nitrogens with one attached hydrogen (secondary N) is 1. The third kappa shape index (κ3) is 4.48. The molecule has 3 N–H and O–H groups in total. The van der Waals surface area contributed by atoms with E-state index >= 15 is 0 Å². The monoisotopic (exact) mass is 262 g/mol. The maximum absolute atomic E-state index is 11.7. The molecule has 0 aliphatic carbocycles. The molecule has 1 amide bonds. The van der Waals surface area contributed by atoms with Crippen molar-refractivity contribution in [3.05, 3.63) is 23.8 Å². The lowest BCUT2D eigenvalue weighted by molar-refractivity contribution is -0.119. The number of hydrogen-bond acceptors (Lipinski definition) is 5. The molecule has 0 atom stereocenters. The fraction of sp³-hybridized carbons (Fsp3) is 0.385. The second-order valence-corrected chi connectivity index (χ2v) is 4.09. The van der Waals surface area contributed by atoms with Crippen LogP contribution in [0.5, 0.6) is 0 Å². The maximum atomic E-state index is 11.7. The summed E-state index contributed by atoms with van der Waals surface area (Å²) in [6.07, 6.45) is 0. The lowest BCUT2D eigenvalue weighted by Gasteiger charge is -2.20. The van der Waals surface area contributed by atoms with Crippen molar-refractivity contribution in [2.24, 2.45) is 0 Å². The zero-order chi connectivity index (χ0) is 14.3. The molecule has 6 heteroatoms. The van der Waals surface area contributed by atoms with Gasteiger partial charge in [0.1, 0.15) is 6.07 Å². The van der Waals surface area contributed by atoms with Gasteiger partial charge in [-0.25, -0.2) is 0 Å². The molecule has 1 aromatic carbocycles. The van der Waals surface area contributed by atoms with Crippen LogP contribution < -0.4 is 16.0 Å². The van der Waals surface area contributed by atoms with Crippen molar-refractivity contribution in [1.82, 2.24) is 5.32 Å². The second kappa shape index (κ2) is 7.24. The van der Waals surface area contributed by atoms with E-state index in [1.807, 2.05) is 0 Å². The highest BCUT2D eigenvalue weighted by Crippen LogP contribution is 2.21. The Kier molecular flexibility index (Phi) is 5.64. The number of carbonyl (C=O) groups excluding carboxylic acids is 1. The predicted octanol–water partition coefficient (Wildman–Crippen LogP) is 0.339. The van der Waals surface area contributed by atoms with Gasteiger partial charge in [0.25, 0.3) is 0 Å². The Bertz CT molecular complexity index is 482. The highest BCUT2D eigenvalue weighted by molar-refractivity contribution is 5.82. The summed E-state index contributed by atoms with van der Waals surface area (Å²) in [5.74, 6) is -0.125. The molecule has 19 heavy (non-hydrogen) atoms. The minimum absolute atomic E-state index is 0.125. The number of nitrogens with two attached hydrogens (primary N) is 1. The summed E-state index contributed by atoms with van der Waals surface area (Å²) in [4.78, 5) is 13.4. The number of nitriles is 1. The molecule has 1 rings (SSSR count). The lowest BCUT2D eigenvalue weighted by atomic mass is 10.1. The van der Waals surface area contributed by atoms with Crippen LogP contribution in [0.3, 0.4) is 0 Å². The molecule has 0 fully saturated rings. The van der Waals surface area contributed by atoms with Crippen LogP contribution in [0.1, 0.15) is 5.56 Å². The molecule has 0 saturated carbocycles. The van der Waals surface area contributed by atoms with Crippen molar-refractivity contribution < 1.29 is 9.53 Å². The van der Waals surface area contributed by atoms with E-state index in [4.69, 9.17) is 15.7 Å². The van der Waals surface area contributed by atoms with Crippen molar-refractivity contribution in [1.29, 1.82) is 5.26 Å². The number of amides is 1. The fourth-order valence-corrected chi connectivity index (χ4v) is 1.63. The van der Waals surface area contributed by atoms with E-state index < -0.39 is 0 Å². The highest BCUT2D eigenvalue weighted by Gasteiger charge is 2.11. The van der Waals surface area contributed by atoms with E-state index in [0.29, 0.717) is 30.1 Å². The number of likely N-dealkylation sites (N-methyl/N-ethyl adjacent to an activating group) is 1. The van der Waals surface area contributed by atoms with Gasteiger partial charge in [0.2, 0.25) is 5.91 Å². The molecule has 0 unspecified atom stereocenters. The molecular weight excluding hydrogens is 244 g/mol. The number of anilines is 2. The van der Waals surface area contributed by atoms with Crippen LogP contribution in [0.25, 0.3) is 0 Å². The Balaban J connectivity index is 2.65. The van der Waals surface area contributed by atoms with E-state index in [-0.39, 0.29) is 12.5 Å². The molecule has 0 aromatic heterocycles. The van der Waals surface area contributed by atoms with Gasteiger partial charge < -0.3 is 20.7 Å². The van der Waals surface area contributed by atoms with Crippen LogP contribution in [0.15, 0.2) is 18.2 Å². The Labute approximate surface area is 112 Å². The molecule has 102 valence electrons. The van der Waals surface area contributed by atoms with Crippen LogP contribution in [-0.4, -0.2) is 39.8 Å². The molecule has 0 heterocycles. The number of rotatable bonds is 6. The van der Waals surface area contributed by atoms with Crippen molar-refractivity contribution in [2.45, 2.75) is 0 Å². The fourth-order valence-electron chi connectivity index (χ4n) is 1.63. The molecule has 0 saturated heterocycles. The average Bonchev–Trinajstić information content (AvgIpc) is 2.38. The number of nitrogen functional groups attached to an aromatic ring is 1. The Morgan fingerprint density at radius 2 is 2.32 bits per heavy atom. The van der Waals surface area contributed by atoms with Crippen LogP contribution in [0, 0.1) is 11.3 Å². The summed E-state index contributed by atoms with van der Waals surface area (Å²) in [5.41, 5.74) is 7.28. The number of nitrogens with zero attached hydrogens (tertiary/aromatic N) is 2. The first kappa shape index (κ1) is 14.8. The Morgan fingerprint density at radius 3 is 2.95 bits per heavy atom. The third-order valence-electron chi connectivity index (χ3n) is 2.56. The van der Waals surface area contributed by atoms with Gasteiger partial charge in [0, 0.05) is 26.4 Å². The van der Waals surface area contributed by atoms with Gasteiger partial charge in [-0.3, -0.25) is 4.79 Å². The summed E-state index contributed by atoms with van der Waals surface area (Å²) in [7, 11) is 3.33. The minimum Gasteiger partial charge on any atom is -0.399 e. The standard InChI is InChI=1S/C13H18N4O2/c1-17(9-13(18)16-5-6-19-2)12-4-3-11(15)7-10(12)8-14/h3-4,7H,5-6,9,15H2,1-2H3,(H,16,18). The van der Waals surface area contributed by atoms with Gasteiger partial charge in [-0.2, -0.15) is 5.26 Å². The van der Waals surface area contributed by atoms with Gasteiger partial charge in [-0.1, -0.05) is 0 Å². The summed E-state index contributed by atoms with van der Waals surface area (Å²) in [6, 6.07) is 7.10. The Morgan fingerprint density at radius 1 is 1.58 bits per heavy atom. The van der Waals surface area contributed by atoms with E-state index in [9.17, 15) is 4.79 Å². The SMILES string of the molecule is COCCNC(=O)CN(C)c1ccc(N)cc1C#N. The molecule has 1 aromatic rings. The molecule has 0 spiro atoms. The van der Waals surface area contributed by atoms with Gasteiger partial charge in [0.15, 0.2) is 0 Å². The first-order chi connectivity index (χ1) is 9.08. The number of benzene rings is 1. The molecule has 0 radical (unpaired) electrons.